The van der Waals surface area contributed by atoms with Crippen LogP contribution < -0.4 is 15.0 Å². The number of para-hydroxylation sites is 2. The largest absolute Gasteiger partial charge is 0.485 e. The van der Waals surface area contributed by atoms with E-state index in [0.717, 1.165) is 17.1 Å². The number of nitrogens with one attached hydrogen (secondary N) is 1. The molecule has 1 N–H and O–H groups in total. The minimum absolute atomic E-state index is 0.00317. The molecule has 0 spiro atoms. The van der Waals surface area contributed by atoms with Crippen LogP contribution in [-0.2, 0) is 0 Å². The van der Waals surface area contributed by atoms with Crippen LogP contribution in [0.25, 0.3) is 10.8 Å². The molecule has 0 aliphatic carbocycles. The molecule has 178 valence electrons. The lowest BCUT2D eigenvalue weighted by Gasteiger charge is -2.37. The number of carbonyl (C=O) groups is 1. The van der Waals surface area contributed by atoms with Crippen molar-refractivity contribution in [2.75, 3.05) is 32.1 Å². The van der Waals surface area contributed by atoms with Crippen LogP contribution in [0.4, 0.5) is 11.4 Å². The Bertz CT molecular complexity index is 1330. The highest BCUT2D eigenvalue weighted by molar-refractivity contribution is 5.94. The molecule has 35 heavy (non-hydrogen) atoms. The summed E-state index contributed by atoms with van der Waals surface area (Å²) in [4.78, 5) is 16.2. The zero-order valence-electron chi connectivity index (χ0n) is 20.4. The minimum Gasteiger partial charge on any atom is -0.485 e. The first-order valence-corrected chi connectivity index (χ1v) is 12.1. The van der Waals surface area contributed by atoms with E-state index in [4.69, 9.17) is 4.74 Å². The normalized spacial score (nSPS) is 15.9. The van der Waals surface area contributed by atoms with Gasteiger partial charge in [-0.1, -0.05) is 54.6 Å². The van der Waals surface area contributed by atoms with Crippen LogP contribution in [-0.4, -0.2) is 44.1 Å². The number of amides is 1. The Morgan fingerprint density at radius 2 is 1.69 bits per heavy atom. The van der Waals surface area contributed by atoms with E-state index in [1.165, 1.54) is 16.3 Å². The van der Waals surface area contributed by atoms with E-state index in [0.29, 0.717) is 18.7 Å². The van der Waals surface area contributed by atoms with Crippen molar-refractivity contribution >= 4 is 28.1 Å². The van der Waals surface area contributed by atoms with Crippen LogP contribution in [0.1, 0.15) is 28.9 Å². The van der Waals surface area contributed by atoms with Crippen molar-refractivity contribution in [1.82, 2.24) is 10.2 Å². The zero-order chi connectivity index (χ0) is 24.4. The van der Waals surface area contributed by atoms with Crippen molar-refractivity contribution in [1.29, 1.82) is 0 Å². The summed E-state index contributed by atoms with van der Waals surface area (Å²) in [6.45, 7) is 3.64. The summed E-state index contributed by atoms with van der Waals surface area (Å²) in [5.41, 5.74) is 4.06. The third-order valence-corrected chi connectivity index (χ3v) is 6.61. The molecule has 1 aliphatic rings. The van der Waals surface area contributed by atoms with E-state index in [9.17, 15) is 4.79 Å². The topological polar surface area (TPSA) is 44.8 Å². The van der Waals surface area contributed by atoms with Gasteiger partial charge >= 0.3 is 0 Å². The summed E-state index contributed by atoms with van der Waals surface area (Å²) in [6, 6.07) is 31.1. The summed E-state index contributed by atoms with van der Waals surface area (Å²) in [7, 11) is 3.54. The molecule has 0 fully saturated rings. The summed E-state index contributed by atoms with van der Waals surface area (Å²) >= 11 is 0. The fraction of sp³-hybridized carbons (Fsp3) is 0.233. The molecule has 1 aliphatic heterocycles. The van der Waals surface area contributed by atoms with Crippen LogP contribution in [0.3, 0.4) is 0 Å². The van der Waals surface area contributed by atoms with Crippen LogP contribution in [0.15, 0.2) is 91.0 Å². The van der Waals surface area contributed by atoms with Crippen molar-refractivity contribution in [2.24, 2.45) is 0 Å². The molecule has 1 unspecified atom stereocenters. The summed E-state index contributed by atoms with van der Waals surface area (Å²) < 4.78 is 6.39. The van der Waals surface area contributed by atoms with Gasteiger partial charge < -0.3 is 19.9 Å². The molecule has 0 saturated carbocycles. The van der Waals surface area contributed by atoms with Gasteiger partial charge in [0.1, 0.15) is 11.9 Å². The fourth-order valence-corrected chi connectivity index (χ4v) is 4.74. The average Bonchev–Trinajstić information content (AvgIpc) is 2.90. The van der Waals surface area contributed by atoms with Gasteiger partial charge in [0.05, 0.1) is 12.2 Å². The molecule has 5 rings (SSSR count). The van der Waals surface area contributed by atoms with Crippen LogP contribution in [0, 0.1) is 0 Å². The average molecular weight is 466 g/mol. The van der Waals surface area contributed by atoms with Crippen LogP contribution >= 0.6 is 0 Å². The first-order chi connectivity index (χ1) is 17.0. The molecule has 5 nitrogen and oxygen atoms in total. The van der Waals surface area contributed by atoms with E-state index in [2.05, 4.69) is 65.7 Å². The summed E-state index contributed by atoms with van der Waals surface area (Å²) in [5, 5.41) is 6.23. The molecule has 5 heteroatoms. The molecular weight excluding hydrogens is 434 g/mol. The van der Waals surface area contributed by atoms with Gasteiger partial charge in [-0.25, -0.2) is 0 Å². The molecule has 0 radical (unpaired) electrons. The van der Waals surface area contributed by atoms with Crippen LogP contribution in [0.2, 0.25) is 0 Å². The molecule has 2 atom stereocenters. The Hall–Kier alpha value is -3.83. The van der Waals surface area contributed by atoms with Gasteiger partial charge in [0.15, 0.2) is 0 Å². The minimum atomic E-state index is -0.0228. The number of carbonyl (C=O) groups excluding carboxylic acids is 1. The molecule has 0 saturated heterocycles. The maximum Gasteiger partial charge on any atom is 0.253 e. The first-order valence-electron chi connectivity index (χ1n) is 12.1. The number of rotatable bonds is 6. The van der Waals surface area contributed by atoms with Gasteiger partial charge in [0.25, 0.3) is 5.91 Å². The Morgan fingerprint density at radius 3 is 2.49 bits per heavy atom. The highest BCUT2D eigenvalue weighted by Gasteiger charge is 2.27. The lowest BCUT2D eigenvalue weighted by atomic mass is 9.99. The quantitative estimate of drug-likeness (QED) is 0.391. The van der Waals surface area contributed by atoms with Crippen molar-refractivity contribution in [2.45, 2.75) is 19.1 Å². The molecule has 0 bridgehead atoms. The first kappa shape index (κ1) is 22.9. The third kappa shape index (κ3) is 4.73. The smallest absolute Gasteiger partial charge is 0.253 e. The maximum absolute atomic E-state index is 12.3. The Kier molecular flexibility index (Phi) is 6.43. The number of nitrogens with zero attached hydrogens (tertiary/aromatic N) is 2. The Morgan fingerprint density at radius 1 is 0.971 bits per heavy atom. The lowest BCUT2D eigenvalue weighted by Crippen LogP contribution is -2.44. The number of benzene rings is 4. The molecular formula is C30H31N3O2. The molecule has 1 amide bonds. The fourth-order valence-electron chi connectivity index (χ4n) is 4.74. The van der Waals surface area contributed by atoms with Crippen molar-refractivity contribution in [3.05, 3.63) is 102 Å². The van der Waals surface area contributed by atoms with Gasteiger partial charge in [0.2, 0.25) is 0 Å². The number of ether oxygens (including phenoxy) is 1. The second-order valence-electron chi connectivity index (χ2n) is 9.26. The summed E-state index contributed by atoms with van der Waals surface area (Å²) in [6.07, 6.45) is -0.0228. The van der Waals surface area contributed by atoms with Crippen LogP contribution in [0.5, 0.6) is 5.75 Å². The third-order valence-electron chi connectivity index (χ3n) is 6.61. The number of hydrogen-bond acceptors (Lipinski definition) is 4. The monoisotopic (exact) mass is 465 g/mol. The SMILES string of the molecule is C[C@@H](NCC1CN(c2ccc(C(=O)N(C)C)cc2)c2ccccc2O1)c1cccc2ccccc12. The van der Waals surface area contributed by atoms with Gasteiger partial charge in [-0.05, 0) is 59.7 Å². The summed E-state index contributed by atoms with van der Waals surface area (Å²) in [5.74, 6) is 0.875. The number of anilines is 2. The highest BCUT2D eigenvalue weighted by atomic mass is 16.5. The van der Waals surface area contributed by atoms with Gasteiger partial charge in [-0.2, -0.15) is 0 Å². The highest BCUT2D eigenvalue weighted by Crippen LogP contribution is 2.38. The van der Waals surface area contributed by atoms with Crippen molar-refractivity contribution < 1.29 is 9.53 Å². The van der Waals surface area contributed by atoms with Gasteiger partial charge in [0, 0.05) is 37.9 Å². The second kappa shape index (κ2) is 9.80. The Labute approximate surface area is 206 Å². The molecule has 4 aromatic carbocycles. The maximum atomic E-state index is 12.3. The van der Waals surface area contributed by atoms with E-state index in [-0.39, 0.29) is 18.1 Å². The van der Waals surface area contributed by atoms with Gasteiger partial charge in [-0.15, -0.1) is 0 Å². The van der Waals surface area contributed by atoms with E-state index >= 15 is 0 Å². The predicted octanol–water partition coefficient (Wildman–Crippen LogP) is 5.79. The number of hydrogen-bond donors (Lipinski definition) is 1. The van der Waals surface area contributed by atoms with Gasteiger partial charge in [-0.3, -0.25) is 4.79 Å². The second-order valence-corrected chi connectivity index (χ2v) is 9.26. The van der Waals surface area contributed by atoms with E-state index in [1.54, 1.807) is 19.0 Å². The van der Waals surface area contributed by atoms with E-state index in [1.807, 2.05) is 42.5 Å². The Balaban J connectivity index is 1.34. The predicted molar refractivity (Wildman–Crippen MR) is 143 cm³/mol. The number of fused-ring (bicyclic) bond motifs is 2. The van der Waals surface area contributed by atoms with Crippen molar-refractivity contribution in [3.63, 3.8) is 0 Å². The van der Waals surface area contributed by atoms with Crippen molar-refractivity contribution in [3.8, 4) is 5.75 Å². The lowest BCUT2D eigenvalue weighted by molar-refractivity contribution is 0.0827. The molecule has 1 heterocycles. The van der Waals surface area contributed by atoms with E-state index < -0.39 is 0 Å². The molecule has 4 aromatic rings. The zero-order valence-corrected chi connectivity index (χ0v) is 20.4. The molecule has 0 aromatic heterocycles. The standard InChI is InChI=1S/C30H31N3O2/c1-21(26-12-8-10-22-9-4-5-11-27(22)26)31-19-25-20-33(28-13-6-7-14-29(28)35-25)24-17-15-23(16-18-24)30(34)32(2)3/h4-18,21,25,31H,19-20H2,1-3H3/t21-,25?/m1/s1.